The zero-order valence-corrected chi connectivity index (χ0v) is 16.3. The predicted molar refractivity (Wildman–Crippen MR) is 108 cm³/mol. The van der Waals surface area contributed by atoms with E-state index in [-0.39, 0.29) is 17.8 Å². The summed E-state index contributed by atoms with van der Waals surface area (Å²) in [4.78, 5) is 0. The Morgan fingerprint density at radius 1 is 0.960 bits per heavy atom. The Hall–Kier alpha value is -1.51. The van der Waals surface area contributed by atoms with Gasteiger partial charge in [-0.25, -0.2) is 0 Å². The molecule has 0 radical (unpaired) electrons. The van der Waals surface area contributed by atoms with Crippen molar-refractivity contribution in [2.45, 2.75) is 44.6 Å². The lowest BCUT2D eigenvalue weighted by molar-refractivity contribution is 0.229. The van der Waals surface area contributed by atoms with E-state index < -0.39 is 0 Å². The normalized spacial score (nSPS) is 20.1. The van der Waals surface area contributed by atoms with Crippen molar-refractivity contribution in [1.82, 2.24) is 5.32 Å². The van der Waals surface area contributed by atoms with Crippen molar-refractivity contribution in [3.63, 3.8) is 0 Å². The van der Waals surface area contributed by atoms with Gasteiger partial charge in [-0.15, -0.1) is 12.4 Å². The van der Waals surface area contributed by atoms with E-state index in [1.807, 2.05) is 0 Å². The number of nitrogens with one attached hydrogen (secondary N) is 1. The minimum Gasteiger partial charge on any atom is -0.493 e. The first-order valence-electron chi connectivity index (χ1n) is 9.07. The molecule has 0 aliphatic heterocycles. The van der Waals surface area contributed by atoms with Crippen LogP contribution in [0.25, 0.3) is 0 Å². The van der Waals surface area contributed by atoms with Crippen LogP contribution < -0.4 is 10.1 Å². The van der Waals surface area contributed by atoms with Crippen molar-refractivity contribution in [2.24, 2.45) is 5.92 Å². The van der Waals surface area contributed by atoms with E-state index in [1.165, 1.54) is 30.4 Å². The molecule has 1 N–H and O–H groups in total. The Bertz CT molecular complexity index is 639. The summed E-state index contributed by atoms with van der Waals surface area (Å²) in [5.41, 5.74) is 2.65. The lowest BCUT2D eigenvalue weighted by atomic mass is 9.78. The van der Waals surface area contributed by atoms with Crippen LogP contribution in [-0.4, -0.2) is 19.7 Å². The van der Waals surface area contributed by atoms with Crippen LogP contribution in [0.4, 0.5) is 0 Å². The lowest BCUT2D eigenvalue weighted by Crippen LogP contribution is -2.32. The molecule has 0 saturated heterocycles. The fourth-order valence-corrected chi connectivity index (χ4v) is 3.81. The molecular weight excluding hydrogens is 330 g/mol. The monoisotopic (exact) mass is 359 g/mol. The summed E-state index contributed by atoms with van der Waals surface area (Å²) >= 11 is 0. The topological polar surface area (TPSA) is 21.3 Å². The largest absolute Gasteiger partial charge is 0.493 e. The fraction of sp³-hybridized carbons (Fsp3) is 0.455. The SMILES string of the molecule is CNC1CCCC1COc1ccc(C(C)(C)c2ccccc2)cc1.Cl. The van der Waals surface area contributed by atoms with E-state index in [9.17, 15) is 0 Å². The number of rotatable bonds is 6. The molecule has 0 spiro atoms. The third kappa shape index (κ3) is 4.56. The van der Waals surface area contributed by atoms with E-state index in [4.69, 9.17) is 4.74 Å². The predicted octanol–water partition coefficient (Wildman–Crippen LogP) is 5.20. The number of halogens is 1. The molecule has 0 amide bonds. The molecule has 2 atom stereocenters. The van der Waals surface area contributed by atoms with Gasteiger partial charge in [0, 0.05) is 17.4 Å². The van der Waals surface area contributed by atoms with Crippen LogP contribution in [-0.2, 0) is 5.41 Å². The molecule has 0 aromatic heterocycles. The summed E-state index contributed by atoms with van der Waals surface area (Å²) in [7, 11) is 2.06. The summed E-state index contributed by atoms with van der Waals surface area (Å²) in [6.07, 6.45) is 3.85. The molecule has 1 fully saturated rings. The van der Waals surface area contributed by atoms with Gasteiger partial charge in [-0.3, -0.25) is 0 Å². The summed E-state index contributed by atoms with van der Waals surface area (Å²) in [6, 6.07) is 19.9. The Labute approximate surface area is 158 Å². The van der Waals surface area contributed by atoms with E-state index in [2.05, 4.69) is 80.8 Å². The molecule has 2 nitrogen and oxygen atoms in total. The average Bonchev–Trinajstić information content (AvgIpc) is 3.08. The molecule has 2 aromatic rings. The first kappa shape index (κ1) is 19.8. The molecule has 25 heavy (non-hydrogen) atoms. The van der Waals surface area contributed by atoms with Crippen molar-refractivity contribution in [2.75, 3.05) is 13.7 Å². The van der Waals surface area contributed by atoms with Crippen molar-refractivity contribution in [3.8, 4) is 5.75 Å². The molecule has 1 saturated carbocycles. The molecule has 0 bridgehead atoms. The Morgan fingerprint density at radius 3 is 2.24 bits per heavy atom. The van der Waals surface area contributed by atoms with Gasteiger partial charge in [0.15, 0.2) is 0 Å². The third-order valence-corrected chi connectivity index (χ3v) is 5.57. The first-order valence-corrected chi connectivity index (χ1v) is 9.07. The van der Waals surface area contributed by atoms with Gasteiger partial charge in [-0.1, -0.05) is 62.7 Å². The molecule has 2 aromatic carbocycles. The molecule has 136 valence electrons. The number of benzene rings is 2. The molecular formula is C22H30ClNO. The van der Waals surface area contributed by atoms with E-state index in [0.29, 0.717) is 12.0 Å². The van der Waals surface area contributed by atoms with E-state index in [1.54, 1.807) is 0 Å². The summed E-state index contributed by atoms with van der Waals surface area (Å²) in [5.74, 6) is 1.61. The number of hydrogen-bond donors (Lipinski definition) is 1. The molecule has 3 heteroatoms. The standard InChI is InChI=1S/C22H29NO.ClH/c1-22(2,18-9-5-4-6-10-18)19-12-14-20(15-13-19)24-16-17-8-7-11-21(17)23-3;/h4-6,9-10,12-15,17,21,23H,7-8,11,16H2,1-3H3;1H. The second-order valence-electron chi connectivity index (χ2n) is 7.41. The molecule has 2 unspecified atom stereocenters. The van der Waals surface area contributed by atoms with Crippen LogP contribution in [0.15, 0.2) is 54.6 Å². The van der Waals surface area contributed by atoms with E-state index >= 15 is 0 Å². The van der Waals surface area contributed by atoms with Gasteiger partial charge in [0.1, 0.15) is 5.75 Å². The van der Waals surface area contributed by atoms with Crippen LogP contribution in [0.2, 0.25) is 0 Å². The minimum atomic E-state index is 0. The zero-order valence-electron chi connectivity index (χ0n) is 15.5. The van der Waals surface area contributed by atoms with Gasteiger partial charge < -0.3 is 10.1 Å². The van der Waals surface area contributed by atoms with Gasteiger partial charge in [-0.2, -0.15) is 0 Å². The molecule has 0 heterocycles. The highest BCUT2D eigenvalue weighted by Crippen LogP contribution is 2.32. The van der Waals surface area contributed by atoms with Crippen LogP contribution in [0.1, 0.15) is 44.2 Å². The lowest BCUT2D eigenvalue weighted by Gasteiger charge is -2.26. The average molecular weight is 360 g/mol. The maximum absolute atomic E-state index is 6.06. The van der Waals surface area contributed by atoms with Crippen molar-refractivity contribution in [3.05, 3.63) is 65.7 Å². The Kier molecular flexibility index (Phi) is 6.92. The maximum atomic E-state index is 6.06. The summed E-state index contributed by atoms with van der Waals surface area (Å²) in [6.45, 7) is 5.36. The quantitative estimate of drug-likeness (QED) is 0.765. The highest BCUT2D eigenvalue weighted by atomic mass is 35.5. The van der Waals surface area contributed by atoms with Gasteiger partial charge in [0.25, 0.3) is 0 Å². The van der Waals surface area contributed by atoms with Crippen LogP contribution in [0, 0.1) is 5.92 Å². The van der Waals surface area contributed by atoms with Crippen LogP contribution in [0.5, 0.6) is 5.75 Å². The van der Waals surface area contributed by atoms with Crippen LogP contribution in [0.3, 0.4) is 0 Å². The second kappa shape index (κ2) is 8.73. The van der Waals surface area contributed by atoms with E-state index in [0.717, 1.165) is 12.4 Å². The van der Waals surface area contributed by atoms with Crippen molar-refractivity contribution >= 4 is 12.4 Å². The Morgan fingerprint density at radius 2 is 1.60 bits per heavy atom. The minimum absolute atomic E-state index is 0. The first-order chi connectivity index (χ1) is 11.6. The van der Waals surface area contributed by atoms with Gasteiger partial charge >= 0.3 is 0 Å². The molecule has 1 aliphatic carbocycles. The molecule has 3 rings (SSSR count). The smallest absolute Gasteiger partial charge is 0.119 e. The number of ether oxygens (including phenoxy) is 1. The third-order valence-electron chi connectivity index (χ3n) is 5.57. The Balaban J connectivity index is 0.00000225. The highest BCUT2D eigenvalue weighted by Gasteiger charge is 2.26. The summed E-state index contributed by atoms with van der Waals surface area (Å²) in [5, 5.41) is 3.42. The number of hydrogen-bond acceptors (Lipinski definition) is 2. The maximum Gasteiger partial charge on any atom is 0.119 e. The highest BCUT2D eigenvalue weighted by molar-refractivity contribution is 5.85. The summed E-state index contributed by atoms with van der Waals surface area (Å²) < 4.78 is 6.06. The van der Waals surface area contributed by atoms with Gasteiger partial charge in [0.2, 0.25) is 0 Å². The van der Waals surface area contributed by atoms with Crippen molar-refractivity contribution < 1.29 is 4.74 Å². The zero-order chi connectivity index (χ0) is 17.0. The second-order valence-corrected chi connectivity index (χ2v) is 7.41. The van der Waals surface area contributed by atoms with Gasteiger partial charge in [-0.05, 0) is 43.1 Å². The van der Waals surface area contributed by atoms with Gasteiger partial charge in [0.05, 0.1) is 6.61 Å². The fourth-order valence-electron chi connectivity index (χ4n) is 3.81. The van der Waals surface area contributed by atoms with Crippen LogP contribution >= 0.6 is 12.4 Å². The molecule has 1 aliphatic rings. The van der Waals surface area contributed by atoms with Crippen molar-refractivity contribution in [1.29, 1.82) is 0 Å².